The van der Waals surface area contributed by atoms with E-state index in [1.165, 1.54) is 16.7 Å². The van der Waals surface area contributed by atoms with Gasteiger partial charge in [-0.3, -0.25) is 9.97 Å². The third-order valence-corrected chi connectivity index (χ3v) is 7.46. The van der Waals surface area contributed by atoms with E-state index in [9.17, 15) is 4.79 Å². The van der Waals surface area contributed by atoms with Gasteiger partial charge in [0.25, 0.3) is 0 Å². The van der Waals surface area contributed by atoms with Gasteiger partial charge in [-0.2, -0.15) is 0 Å². The van der Waals surface area contributed by atoms with E-state index in [2.05, 4.69) is 65.6 Å². The van der Waals surface area contributed by atoms with Gasteiger partial charge in [0.15, 0.2) is 0 Å². The van der Waals surface area contributed by atoms with Gasteiger partial charge in [0.05, 0.1) is 6.61 Å². The fourth-order valence-electron chi connectivity index (χ4n) is 5.38. The van der Waals surface area contributed by atoms with Crippen molar-refractivity contribution in [2.45, 2.75) is 51.9 Å². The quantitative estimate of drug-likeness (QED) is 0.322. The third-order valence-electron chi connectivity index (χ3n) is 7.46. The molecule has 0 radical (unpaired) electrons. The standard InChI is InChI=1S/C29H32N3O2.ClH.Pt/c1-29(2,3)22-13-20(26-6-4-5-11-31-26)12-21(14-22)27-15-18-7-9-23-24(10-8-19(18)16-32-27)25(23)17-34-28(30)33;;/h4-6,11,13-16,23-25H,7-10,17H2,1-3H3,(H2,30,33);1H;/q-1;;+2/p-1/t23-,24+,25+;;/m1../s1. The number of ether oxygens (including phenoxy) is 1. The van der Waals surface area contributed by atoms with Crippen LogP contribution in [0.25, 0.3) is 22.5 Å². The molecule has 2 heterocycles. The van der Waals surface area contributed by atoms with Crippen LogP contribution >= 0.6 is 9.42 Å². The average Bonchev–Trinajstić information content (AvgIpc) is 3.54. The van der Waals surface area contributed by atoms with Gasteiger partial charge in [-0.05, 0) is 66.0 Å². The fraction of sp³-hybridized carbons (Fsp3) is 0.414. The molecule has 0 saturated heterocycles. The van der Waals surface area contributed by atoms with E-state index in [1.54, 1.807) is 18.8 Å². The van der Waals surface area contributed by atoms with Crippen LogP contribution < -0.4 is 5.73 Å². The minimum atomic E-state index is -0.671. The summed E-state index contributed by atoms with van der Waals surface area (Å²) in [6.07, 6.45) is 7.46. The third kappa shape index (κ3) is 6.18. The summed E-state index contributed by atoms with van der Waals surface area (Å²) in [5.41, 5.74) is 13.0. The van der Waals surface area contributed by atoms with Gasteiger partial charge in [0.1, 0.15) is 0 Å². The number of aryl methyl sites for hydroxylation is 2. The summed E-state index contributed by atoms with van der Waals surface area (Å²) in [4.78, 5) is 20.4. The van der Waals surface area contributed by atoms with Crippen LogP contribution in [0.1, 0.15) is 50.3 Å². The Hall–Kier alpha value is -2.23. The molecule has 0 aliphatic heterocycles. The topological polar surface area (TPSA) is 78.1 Å². The zero-order valence-corrected chi connectivity index (χ0v) is 23.9. The van der Waals surface area contributed by atoms with Gasteiger partial charge in [-0.1, -0.05) is 50.1 Å². The Morgan fingerprint density at radius 3 is 2.33 bits per heavy atom. The molecule has 192 valence electrons. The van der Waals surface area contributed by atoms with Crippen LogP contribution in [0.5, 0.6) is 0 Å². The molecule has 1 saturated carbocycles. The van der Waals surface area contributed by atoms with Crippen molar-refractivity contribution >= 4 is 15.5 Å². The second kappa shape index (κ2) is 11.4. The molecule has 2 aliphatic carbocycles. The number of halogens is 1. The molecule has 1 aromatic carbocycles. The Labute approximate surface area is 229 Å². The van der Waals surface area contributed by atoms with Crippen molar-refractivity contribution in [3.05, 3.63) is 71.5 Å². The predicted molar refractivity (Wildman–Crippen MR) is 139 cm³/mol. The summed E-state index contributed by atoms with van der Waals surface area (Å²) in [5.74, 6) is 1.70. The van der Waals surface area contributed by atoms with Crippen LogP contribution in [0.2, 0.25) is 0 Å². The molecule has 1 amide bonds. The molecule has 1 fully saturated rings. The molecule has 0 bridgehead atoms. The molecular formula is C29H32ClN3O2Pt. The fourth-order valence-corrected chi connectivity index (χ4v) is 5.38. The van der Waals surface area contributed by atoms with Crippen molar-refractivity contribution in [2.24, 2.45) is 23.5 Å². The number of pyridine rings is 2. The minimum absolute atomic E-state index is 0.0000330. The van der Waals surface area contributed by atoms with Crippen molar-refractivity contribution in [3.8, 4) is 22.5 Å². The summed E-state index contributed by atoms with van der Waals surface area (Å²) in [7, 11) is 4.61. The molecular weight excluding hydrogens is 653 g/mol. The van der Waals surface area contributed by atoms with Crippen LogP contribution in [-0.2, 0) is 41.8 Å². The predicted octanol–water partition coefficient (Wildman–Crippen LogP) is 6.43. The number of fused-ring (bicyclic) bond motifs is 2. The molecule has 2 aliphatic rings. The van der Waals surface area contributed by atoms with Gasteiger partial charge >= 0.3 is 34.3 Å². The zero-order valence-electron chi connectivity index (χ0n) is 20.9. The maximum absolute atomic E-state index is 11.0. The number of hydrogen-bond donors (Lipinski definition) is 1. The summed E-state index contributed by atoms with van der Waals surface area (Å²) >= 11 is 1.61. The normalized spacial score (nSPS) is 20.6. The Kier molecular flexibility index (Phi) is 8.52. The van der Waals surface area contributed by atoms with E-state index in [0.29, 0.717) is 24.4 Å². The number of hydrogen-bond acceptors (Lipinski definition) is 4. The summed E-state index contributed by atoms with van der Waals surface area (Å²) < 4.78 is 5.10. The van der Waals surface area contributed by atoms with E-state index in [1.807, 2.05) is 24.4 Å². The second-order valence-corrected chi connectivity index (χ2v) is 10.7. The first-order valence-electron chi connectivity index (χ1n) is 12.3. The molecule has 2 N–H and O–H groups in total. The molecule has 3 aromatic rings. The van der Waals surface area contributed by atoms with Gasteiger partial charge in [-0.25, -0.2) is 4.79 Å². The van der Waals surface area contributed by atoms with E-state index in [4.69, 9.17) is 15.5 Å². The molecule has 36 heavy (non-hydrogen) atoms. The van der Waals surface area contributed by atoms with E-state index in [-0.39, 0.29) is 5.41 Å². The number of amides is 1. The first-order valence-corrected chi connectivity index (χ1v) is 15.1. The Bertz CT molecular complexity index is 1210. The van der Waals surface area contributed by atoms with Crippen LogP contribution in [0.4, 0.5) is 4.79 Å². The molecule has 2 aromatic heterocycles. The van der Waals surface area contributed by atoms with E-state index >= 15 is 0 Å². The van der Waals surface area contributed by atoms with Crippen molar-refractivity contribution in [2.75, 3.05) is 6.61 Å². The summed E-state index contributed by atoms with van der Waals surface area (Å²) in [5, 5.41) is 0. The van der Waals surface area contributed by atoms with Crippen molar-refractivity contribution in [1.29, 1.82) is 0 Å². The molecule has 7 heteroatoms. The maximum atomic E-state index is 11.0. The van der Waals surface area contributed by atoms with E-state index in [0.717, 1.165) is 48.2 Å². The monoisotopic (exact) mass is 684 g/mol. The van der Waals surface area contributed by atoms with Gasteiger partial charge in [-0.15, -0.1) is 23.8 Å². The van der Waals surface area contributed by atoms with Crippen LogP contribution in [0, 0.1) is 23.8 Å². The number of rotatable bonds is 4. The van der Waals surface area contributed by atoms with Crippen molar-refractivity contribution in [1.82, 2.24) is 9.97 Å². The van der Waals surface area contributed by atoms with E-state index < -0.39 is 6.09 Å². The van der Waals surface area contributed by atoms with Gasteiger partial charge < -0.3 is 10.5 Å². The molecule has 0 unspecified atom stereocenters. The Morgan fingerprint density at radius 2 is 1.72 bits per heavy atom. The SMILES string of the molecule is CC(C)(C)c1cc(-c2ccccn2)[c-]c(-c2cc3c(cn2)CC[C@H]2[C@@H](CC3)[C@@H]2COC(N)=O)c1.[Cl][Pt+]. The van der Waals surface area contributed by atoms with Crippen LogP contribution in [0.3, 0.4) is 0 Å². The number of nitrogens with zero attached hydrogens (tertiary/aromatic N) is 2. The molecule has 5 rings (SSSR count). The van der Waals surface area contributed by atoms with Gasteiger partial charge in [0.2, 0.25) is 0 Å². The number of primary amides is 1. The van der Waals surface area contributed by atoms with Crippen LogP contribution in [-0.4, -0.2) is 22.7 Å². The number of aromatic nitrogens is 2. The second-order valence-electron chi connectivity index (χ2n) is 10.7. The zero-order chi connectivity index (χ0) is 25.9. The van der Waals surface area contributed by atoms with Crippen LogP contribution in [0.15, 0.2) is 48.8 Å². The summed E-state index contributed by atoms with van der Waals surface area (Å²) in [6.45, 7) is 7.14. The average molecular weight is 685 g/mol. The number of carbonyl (C=O) groups excluding carboxylic acids is 1. The number of nitrogens with two attached hydrogens (primary N) is 1. The van der Waals surface area contributed by atoms with Gasteiger partial charge in [0, 0.05) is 23.8 Å². The molecule has 5 nitrogen and oxygen atoms in total. The first kappa shape index (κ1) is 26.8. The summed E-state index contributed by atoms with van der Waals surface area (Å²) in [6, 6.07) is 16.2. The van der Waals surface area contributed by atoms with Crippen molar-refractivity contribution < 1.29 is 28.3 Å². The Balaban J connectivity index is 0.00000148. The molecule has 0 spiro atoms. The van der Waals surface area contributed by atoms with Crippen molar-refractivity contribution in [3.63, 3.8) is 0 Å². The number of benzene rings is 1. The number of carbonyl (C=O) groups is 1. The first-order chi connectivity index (χ1) is 17.3. The Morgan fingerprint density at radius 1 is 1.06 bits per heavy atom. The molecule has 3 atom stereocenters.